The van der Waals surface area contributed by atoms with Crippen LogP contribution in [0.1, 0.15) is 27.7 Å². The molecule has 1 aromatic carbocycles. The second kappa shape index (κ2) is 5.43. The Balaban J connectivity index is 1.76. The molecule has 5 rings (SSSR count). The molecule has 124 valence electrons. The molecule has 2 aliphatic rings. The van der Waals surface area contributed by atoms with E-state index in [4.69, 9.17) is 9.84 Å². The lowest BCUT2D eigenvalue weighted by molar-refractivity contribution is -0.136. The molecule has 0 spiro atoms. The molecule has 0 amide bonds. The maximum atomic E-state index is 12.4. The minimum absolute atomic E-state index is 0.0637. The van der Waals surface area contributed by atoms with Gasteiger partial charge in [-0.1, -0.05) is 24.3 Å². The SMILES string of the molecule is Cc1nn(-c2ccccc2)c2c1C(c1cccs1)C1=C(COC1=O)C2. The number of para-hydroxylation sites is 1. The fourth-order valence-corrected chi connectivity index (χ4v) is 4.77. The summed E-state index contributed by atoms with van der Waals surface area (Å²) in [5, 5.41) is 6.87. The summed E-state index contributed by atoms with van der Waals surface area (Å²) in [5.74, 6) is -0.239. The number of hydrogen-bond donors (Lipinski definition) is 0. The van der Waals surface area contributed by atoms with E-state index in [-0.39, 0.29) is 11.9 Å². The van der Waals surface area contributed by atoms with Gasteiger partial charge in [-0.15, -0.1) is 11.3 Å². The van der Waals surface area contributed by atoms with Crippen molar-refractivity contribution in [2.75, 3.05) is 6.61 Å². The van der Waals surface area contributed by atoms with E-state index in [2.05, 4.69) is 23.6 Å². The van der Waals surface area contributed by atoms with E-state index < -0.39 is 0 Å². The highest BCUT2D eigenvalue weighted by Gasteiger charge is 2.41. The van der Waals surface area contributed by atoms with Crippen molar-refractivity contribution in [1.29, 1.82) is 0 Å². The maximum absolute atomic E-state index is 12.4. The molecule has 0 radical (unpaired) electrons. The minimum atomic E-state index is -0.175. The van der Waals surface area contributed by atoms with Gasteiger partial charge in [0.2, 0.25) is 0 Å². The summed E-state index contributed by atoms with van der Waals surface area (Å²) in [7, 11) is 0. The Morgan fingerprint density at radius 2 is 2.04 bits per heavy atom. The Kier molecular flexibility index (Phi) is 3.18. The standard InChI is InChI=1S/C20H16N2O2S/c1-12-17-15(22(21-12)14-6-3-2-4-7-14)10-13-11-24-20(23)18(13)19(17)16-8-5-9-25-16/h2-9,19H,10-11H2,1H3. The number of carbonyl (C=O) groups excluding carboxylic acids is 1. The third kappa shape index (κ3) is 2.12. The van der Waals surface area contributed by atoms with Crippen LogP contribution in [0.2, 0.25) is 0 Å². The summed E-state index contributed by atoms with van der Waals surface area (Å²) in [4.78, 5) is 13.6. The number of thiophene rings is 1. The molecule has 0 saturated carbocycles. The predicted molar refractivity (Wildman–Crippen MR) is 96.2 cm³/mol. The third-order valence-corrected chi connectivity index (χ3v) is 5.91. The molecule has 0 bridgehead atoms. The Hall–Kier alpha value is -2.66. The van der Waals surface area contributed by atoms with Crippen molar-refractivity contribution < 1.29 is 9.53 Å². The van der Waals surface area contributed by atoms with E-state index in [0.29, 0.717) is 13.0 Å². The van der Waals surface area contributed by atoms with Gasteiger partial charge in [-0.05, 0) is 36.1 Å². The number of rotatable bonds is 2. The molecular formula is C20H16N2O2S. The molecular weight excluding hydrogens is 332 g/mol. The summed E-state index contributed by atoms with van der Waals surface area (Å²) in [6.07, 6.45) is 0.716. The van der Waals surface area contributed by atoms with Crippen LogP contribution in [0.5, 0.6) is 0 Å². The number of cyclic esters (lactones) is 1. The molecule has 2 aromatic heterocycles. The van der Waals surface area contributed by atoms with E-state index >= 15 is 0 Å². The van der Waals surface area contributed by atoms with Gasteiger partial charge in [-0.3, -0.25) is 0 Å². The highest BCUT2D eigenvalue weighted by Crippen LogP contribution is 2.46. The molecule has 0 saturated heterocycles. The lowest BCUT2D eigenvalue weighted by Gasteiger charge is -2.23. The summed E-state index contributed by atoms with van der Waals surface area (Å²) in [6, 6.07) is 14.3. The van der Waals surface area contributed by atoms with Gasteiger partial charge in [0.15, 0.2) is 0 Å². The highest BCUT2D eigenvalue weighted by molar-refractivity contribution is 7.10. The number of benzene rings is 1. The van der Waals surface area contributed by atoms with Crippen LogP contribution in [-0.2, 0) is 16.0 Å². The average molecular weight is 348 g/mol. The first kappa shape index (κ1) is 14.7. The molecule has 1 aliphatic heterocycles. The largest absolute Gasteiger partial charge is 0.458 e. The molecule has 1 atom stereocenters. The van der Waals surface area contributed by atoms with Crippen LogP contribution in [0.4, 0.5) is 0 Å². The quantitative estimate of drug-likeness (QED) is 0.662. The van der Waals surface area contributed by atoms with Gasteiger partial charge < -0.3 is 4.74 Å². The number of hydrogen-bond acceptors (Lipinski definition) is 4. The first-order chi connectivity index (χ1) is 12.2. The summed E-state index contributed by atoms with van der Waals surface area (Å²) in [6.45, 7) is 2.43. The van der Waals surface area contributed by atoms with Crippen molar-refractivity contribution in [3.05, 3.63) is 80.8 Å². The van der Waals surface area contributed by atoms with Crippen LogP contribution in [0.3, 0.4) is 0 Å². The molecule has 0 N–H and O–H groups in total. The smallest absolute Gasteiger partial charge is 0.335 e. The van der Waals surface area contributed by atoms with Crippen LogP contribution in [-0.4, -0.2) is 22.4 Å². The number of aromatic nitrogens is 2. The number of nitrogens with zero attached hydrogens (tertiary/aromatic N) is 2. The molecule has 25 heavy (non-hydrogen) atoms. The number of aryl methyl sites for hydroxylation is 1. The second-order valence-electron chi connectivity index (χ2n) is 6.41. The Morgan fingerprint density at radius 3 is 2.80 bits per heavy atom. The van der Waals surface area contributed by atoms with Crippen molar-refractivity contribution in [3.8, 4) is 5.69 Å². The molecule has 1 aliphatic carbocycles. The monoisotopic (exact) mass is 348 g/mol. The van der Waals surface area contributed by atoms with Gasteiger partial charge in [0.25, 0.3) is 0 Å². The van der Waals surface area contributed by atoms with Gasteiger partial charge in [0.1, 0.15) is 6.61 Å². The van der Waals surface area contributed by atoms with E-state index in [1.165, 1.54) is 10.6 Å². The third-order valence-electron chi connectivity index (χ3n) is 4.97. The lowest BCUT2D eigenvalue weighted by Crippen LogP contribution is -2.18. The Labute approximate surface area is 149 Å². The molecule has 0 fully saturated rings. The lowest BCUT2D eigenvalue weighted by atomic mass is 9.80. The normalized spacial score (nSPS) is 18.9. The summed E-state index contributed by atoms with van der Waals surface area (Å²) >= 11 is 1.68. The zero-order valence-electron chi connectivity index (χ0n) is 13.7. The fourth-order valence-electron chi connectivity index (χ4n) is 3.92. The minimum Gasteiger partial charge on any atom is -0.458 e. The molecule has 3 aromatic rings. The first-order valence-electron chi connectivity index (χ1n) is 8.30. The van der Waals surface area contributed by atoms with Crippen molar-refractivity contribution in [1.82, 2.24) is 9.78 Å². The van der Waals surface area contributed by atoms with Gasteiger partial charge in [-0.25, -0.2) is 9.48 Å². The predicted octanol–water partition coefficient (Wildman–Crippen LogP) is 3.78. The summed E-state index contributed by atoms with van der Waals surface area (Å²) in [5.41, 5.74) is 6.26. The van der Waals surface area contributed by atoms with Crippen LogP contribution in [0.15, 0.2) is 59.0 Å². The van der Waals surface area contributed by atoms with E-state index in [9.17, 15) is 4.79 Å². The topological polar surface area (TPSA) is 44.1 Å². The molecule has 5 heteroatoms. The van der Waals surface area contributed by atoms with E-state index in [1.807, 2.05) is 35.9 Å². The maximum Gasteiger partial charge on any atom is 0.335 e. The number of ether oxygens (including phenoxy) is 1. The summed E-state index contributed by atoms with van der Waals surface area (Å²) < 4.78 is 7.40. The Morgan fingerprint density at radius 1 is 1.20 bits per heavy atom. The van der Waals surface area contributed by atoms with Gasteiger partial charge in [-0.2, -0.15) is 5.10 Å². The van der Waals surface area contributed by atoms with E-state index in [0.717, 1.165) is 28.1 Å². The van der Waals surface area contributed by atoms with Crippen molar-refractivity contribution in [3.63, 3.8) is 0 Å². The molecule has 1 unspecified atom stereocenters. The van der Waals surface area contributed by atoms with Crippen molar-refractivity contribution in [2.24, 2.45) is 0 Å². The van der Waals surface area contributed by atoms with Crippen molar-refractivity contribution >= 4 is 17.3 Å². The van der Waals surface area contributed by atoms with Crippen molar-refractivity contribution in [2.45, 2.75) is 19.3 Å². The van der Waals surface area contributed by atoms with Gasteiger partial charge >= 0.3 is 5.97 Å². The molecule has 3 heterocycles. The van der Waals surface area contributed by atoms with Crippen LogP contribution >= 0.6 is 11.3 Å². The second-order valence-corrected chi connectivity index (χ2v) is 7.39. The Bertz CT molecular complexity index is 1000. The zero-order chi connectivity index (χ0) is 17.0. The number of fused-ring (bicyclic) bond motifs is 1. The fraction of sp³-hybridized carbons (Fsp3) is 0.200. The zero-order valence-corrected chi connectivity index (χ0v) is 14.5. The van der Waals surface area contributed by atoms with Gasteiger partial charge in [0.05, 0.1) is 28.6 Å². The van der Waals surface area contributed by atoms with Crippen LogP contribution in [0, 0.1) is 6.92 Å². The van der Waals surface area contributed by atoms with Crippen LogP contribution < -0.4 is 0 Å². The first-order valence-corrected chi connectivity index (χ1v) is 9.18. The van der Waals surface area contributed by atoms with E-state index in [1.54, 1.807) is 11.3 Å². The average Bonchev–Trinajstić information content (AvgIpc) is 3.35. The highest BCUT2D eigenvalue weighted by atomic mass is 32.1. The number of carbonyl (C=O) groups is 1. The van der Waals surface area contributed by atoms with Crippen LogP contribution in [0.25, 0.3) is 5.69 Å². The molecule has 4 nitrogen and oxygen atoms in total. The number of esters is 1. The van der Waals surface area contributed by atoms with Gasteiger partial charge in [0, 0.05) is 16.9 Å².